The van der Waals surface area contributed by atoms with Crippen molar-refractivity contribution >= 4 is 37.6 Å². The van der Waals surface area contributed by atoms with Gasteiger partial charge in [0.25, 0.3) is 0 Å². The van der Waals surface area contributed by atoms with Crippen molar-refractivity contribution in [2.45, 2.75) is 31.1 Å². The Kier molecular flexibility index (Phi) is 6.08. The molecule has 156 valence electrons. The SMILES string of the molecule is Cc1nc(N2CCCCC2)cc(N2CCN(S(=O)(=O)c3ccccc3Br)CC2)n1. The van der Waals surface area contributed by atoms with Crippen molar-refractivity contribution in [1.82, 2.24) is 14.3 Å². The van der Waals surface area contributed by atoms with Gasteiger partial charge in [-0.1, -0.05) is 12.1 Å². The standard InChI is InChI=1S/C20H26BrN5O2S/c1-16-22-19(24-9-5-2-6-10-24)15-20(23-16)25-11-13-26(14-12-25)29(27,28)18-8-4-3-7-17(18)21/h3-4,7-8,15H,2,5-6,9-14H2,1H3. The first-order valence-electron chi connectivity index (χ1n) is 10.1. The number of halogens is 1. The van der Waals surface area contributed by atoms with Gasteiger partial charge in [0.1, 0.15) is 17.5 Å². The minimum Gasteiger partial charge on any atom is -0.356 e. The van der Waals surface area contributed by atoms with Crippen LogP contribution in [0.3, 0.4) is 0 Å². The molecule has 7 nitrogen and oxygen atoms in total. The third-order valence-corrected chi connectivity index (χ3v) is 8.42. The van der Waals surface area contributed by atoms with Crippen molar-refractivity contribution in [3.8, 4) is 0 Å². The highest BCUT2D eigenvalue weighted by molar-refractivity contribution is 9.10. The number of aryl methyl sites for hydroxylation is 1. The van der Waals surface area contributed by atoms with Gasteiger partial charge in [0, 0.05) is 49.8 Å². The second-order valence-electron chi connectivity index (χ2n) is 7.50. The molecule has 2 saturated heterocycles. The maximum atomic E-state index is 13.0. The maximum absolute atomic E-state index is 13.0. The van der Waals surface area contributed by atoms with Crippen LogP contribution in [-0.2, 0) is 10.0 Å². The van der Waals surface area contributed by atoms with Crippen LogP contribution in [0.5, 0.6) is 0 Å². The predicted molar refractivity (Wildman–Crippen MR) is 118 cm³/mol. The van der Waals surface area contributed by atoms with Crippen LogP contribution >= 0.6 is 15.9 Å². The molecule has 0 amide bonds. The summed E-state index contributed by atoms with van der Waals surface area (Å²) in [6.45, 7) is 6.09. The number of rotatable bonds is 4. The molecule has 0 radical (unpaired) electrons. The molecule has 3 heterocycles. The second-order valence-corrected chi connectivity index (χ2v) is 10.3. The van der Waals surface area contributed by atoms with Gasteiger partial charge in [-0.2, -0.15) is 4.31 Å². The van der Waals surface area contributed by atoms with E-state index in [1.54, 1.807) is 22.5 Å². The summed E-state index contributed by atoms with van der Waals surface area (Å²) in [6.07, 6.45) is 3.68. The summed E-state index contributed by atoms with van der Waals surface area (Å²) in [7, 11) is -3.51. The molecule has 1 aromatic carbocycles. The number of nitrogens with zero attached hydrogens (tertiary/aromatic N) is 5. The Balaban J connectivity index is 1.48. The van der Waals surface area contributed by atoms with Gasteiger partial charge in [-0.15, -0.1) is 0 Å². The first-order chi connectivity index (χ1) is 13.9. The van der Waals surface area contributed by atoms with Crippen molar-refractivity contribution in [1.29, 1.82) is 0 Å². The summed E-state index contributed by atoms with van der Waals surface area (Å²) in [4.78, 5) is 14.1. The van der Waals surface area contributed by atoms with Crippen LogP contribution in [0.4, 0.5) is 11.6 Å². The summed E-state index contributed by atoms with van der Waals surface area (Å²) < 4.78 is 28.2. The first kappa shape index (κ1) is 20.6. The Hall–Kier alpha value is -1.71. The van der Waals surface area contributed by atoms with E-state index < -0.39 is 10.0 Å². The van der Waals surface area contributed by atoms with Gasteiger partial charge in [0.2, 0.25) is 10.0 Å². The molecular formula is C20H26BrN5O2S. The fourth-order valence-corrected chi connectivity index (χ4v) is 6.32. The van der Waals surface area contributed by atoms with Gasteiger partial charge in [-0.05, 0) is 54.2 Å². The molecule has 4 rings (SSSR count). The van der Waals surface area contributed by atoms with E-state index in [1.807, 2.05) is 13.0 Å². The van der Waals surface area contributed by atoms with Gasteiger partial charge < -0.3 is 9.80 Å². The van der Waals surface area contributed by atoms with E-state index >= 15 is 0 Å². The molecule has 2 aliphatic heterocycles. The van der Waals surface area contributed by atoms with E-state index in [0.29, 0.717) is 35.5 Å². The number of hydrogen-bond donors (Lipinski definition) is 0. The van der Waals surface area contributed by atoms with Gasteiger partial charge in [-0.25, -0.2) is 18.4 Å². The van der Waals surface area contributed by atoms with Gasteiger partial charge >= 0.3 is 0 Å². The van der Waals surface area contributed by atoms with Gasteiger partial charge in [0.05, 0.1) is 4.90 Å². The summed E-state index contributed by atoms with van der Waals surface area (Å²) in [5.74, 6) is 2.62. The molecular weight excluding hydrogens is 454 g/mol. The summed E-state index contributed by atoms with van der Waals surface area (Å²) in [5.41, 5.74) is 0. The molecule has 0 N–H and O–H groups in total. The molecule has 0 saturated carbocycles. The molecule has 2 aliphatic rings. The lowest BCUT2D eigenvalue weighted by Crippen LogP contribution is -2.49. The highest BCUT2D eigenvalue weighted by Gasteiger charge is 2.30. The van der Waals surface area contributed by atoms with Crippen LogP contribution < -0.4 is 9.80 Å². The number of piperidine rings is 1. The van der Waals surface area contributed by atoms with Crippen LogP contribution in [0.2, 0.25) is 0 Å². The number of benzene rings is 1. The molecule has 2 aromatic rings. The molecule has 0 bridgehead atoms. The van der Waals surface area contributed by atoms with Crippen molar-refractivity contribution in [2.75, 3.05) is 49.1 Å². The lowest BCUT2D eigenvalue weighted by molar-refractivity contribution is 0.383. The molecule has 0 atom stereocenters. The summed E-state index contributed by atoms with van der Waals surface area (Å²) >= 11 is 3.36. The smallest absolute Gasteiger partial charge is 0.244 e. The third-order valence-electron chi connectivity index (χ3n) is 5.51. The average Bonchev–Trinajstić information content (AvgIpc) is 2.74. The van der Waals surface area contributed by atoms with E-state index in [4.69, 9.17) is 0 Å². The summed E-state index contributed by atoms with van der Waals surface area (Å²) in [5, 5.41) is 0. The largest absolute Gasteiger partial charge is 0.356 e. The molecule has 2 fully saturated rings. The van der Waals surface area contributed by atoms with E-state index in [-0.39, 0.29) is 0 Å². The van der Waals surface area contributed by atoms with Crippen molar-refractivity contribution in [3.63, 3.8) is 0 Å². The average molecular weight is 480 g/mol. The van der Waals surface area contributed by atoms with Crippen LogP contribution in [0, 0.1) is 6.92 Å². The fourth-order valence-electron chi connectivity index (χ4n) is 3.93. The topological polar surface area (TPSA) is 69.6 Å². The molecule has 29 heavy (non-hydrogen) atoms. The summed E-state index contributed by atoms with van der Waals surface area (Å²) in [6, 6.07) is 9.02. The van der Waals surface area contributed by atoms with Crippen LogP contribution in [0.25, 0.3) is 0 Å². The monoisotopic (exact) mass is 479 g/mol. The zero-order valence-electron chi connectivity index (χ0n) is 16.6. The third kappa shape index (κ3) is 4.41. The minimum absolute atomic E-state index is 0.318. The first-order valence-corrected chi connectivity index (χ1v) is 12.3. The van der Waals surface area contributed by atoms with Gasteiger partial charge in [-0.3, -0.25) is 0 Å². The highest BCUT2D eigenvalue weighted by atomic mass is 79.9. The van der Waals surface area contributed by atoms with Crippen LogP contribution in [0.1, 0.15) is 25.1 Å². The van der Waals surface area contributed by atoms with Crippen molar-refractivity contribution in [2.24, 2.45) is 0 Å². The Morgan fingerprint density at radius 1 is 0.862 bits per heavy atom. The molecule has 0 spiro atoms. The molecule has 0 unspecified atom stereocenters. The van der Waals surface area contributed by atoms with E-state index in [9.17, 15) is 8.42 Å². The number of piperazine rings is 1. The van der Waals surface area contributed by atoms with Gasteiger partial charge in [0.15, 0.2) is 0 Å². The lowest BCUT2D eigenvalue weighted by Gasteiger charge is -2.35. The molecule has 9 heteroatoms. The molecule has 1 aromatic heterocycles. The zero-order valence-corrected chi connectivity index (χ0v) is 19.0. The number of sulfonamides is 1. The normalized spacial score (nSPS) is 18.8. The van der Waals surface area contributed by atoms with Crippen molar-refractivity contribution < 1.29 is 8.42 Å². The number of aromatic nitrogens is 2. The lowest BCUT2D eigenvalue weighted by atomic mass is 10.1. The van der Waals surface area contributed by atoms with Crippen LogP contribution in [-0.4, -0.2) is 62.0 Å². The van der Waals surface area contributed by atoms with E-state index in [1.165, 1.54) is 19.3 Å². The second kappa shape index (κ2) is 8.57. The Labute approximate surface area is 180 Å². The zero-order chi connectivity index (χ0) is 20.4. The Morgan fingerprint density at radius 3 is 2.07 bits per heavy atom. The van der Waals surface area contributed by atoms with E-state index in [2.05, 4.69) is 41.8 Å². The quantitative estimate of drug-likeness (QED) is 0.670. The Bertz CT molecular complexity index is 971. The predicted octanol–water partition coefficient (Wildman–Crippen LogP) is 3.05. The fraction of sp³-hybridized carbons (Fsp3) is 0.500. The maximum Gasteiger partial charge on any atom is 0.244 e. The number of anilines is 2. The minimum atomic E-state index is -3.51. The highest BCUT2D eigenvalue weighted by Crippen LogP contribution is 2.27. The molecule has 0 aliphatic carbocycles. The van der Waals surface area contributed by atoms with Crippen LogP contribution in [0.15, 0.2) is 39.7 Å². The van der Waals surface area contributed by atoms with E-state index in [0.717, 1.165) is 30.5 Å². The number of hydrogen-bond acceptors (Lipinski definition) is 6. The Morgan fingerprint density at radius 2 is 1.45 bits per heavy atom. The van der Waals surface area contributed by atoms with Crippen molar-refractivity contribution in [3.05, 3.63) is 40.6 Å².